The Morgan fingerprint density at radius 1 is 0.909 bits per heavy atom. The summed E-state index contributed by atoms with van der Waals surface area (Å²) >= 11 is 0. The molecule has 44 heavy (non-hydrogen) atoms. The Hall–Kier alpha value is -4.53. The first kappa shape index (κ1) is 28.3. The topological polar surface area (TPSA) is 134 Å². The summed E-state index contributed by atoms with van der Waals surface area (Å²) in [5.41, 5.74) is 4.70. The highest BCUT2D eigenvalue weighted by Gasteiger charge is 2.24. The zero-order valence-electron chi connectivity index (χ0n) is 24.7. The average molecular weight is 598 g/mol. The van der Waals surface area contributed by atoms with E-state index in [4.69, 9.17) is 19.2 Å². The minimum atomic E-state index is -0.137. The molecule has 2 aliphatic rings. The quantitative estimate of drug-likeness (QED) is 0.218. The van der Waals surface area contributed by atoms with E-state index in [1.54, 1.807) is 21.8 Å². The van der Waals surface area contributed by atoms with Crippen LogP contribution in [0.25, 0.3) is 33.7 Å². The maximum atomic E-state index is 6.07. The molecule has 0 bridgehead atoms. The lowest BCUT2D eigenvalue weighted by atomic mass is 10.1. The first-order valence-corrected chi connectivity index (χ1v) is 15.0. The van der Waals surface area contributed by atoms with Gasteiger partial charge in [0.1, 0.15) is 5.75 Å². The molecule has 6 heterocycles. The number of aryl methyl sites for hydroxylation is 1. The van der Waals surface area contributed by atoms with Crippen molar-refractivity contribution in [3.63, 3.8) is 0 Å². The van der Waals surface area contributed by atoms with Crippen molar-refractivity contribution in [2.75, 3.05) is 64.1 Å². The summed E-state index contributed by atoms with van der Waals surface area (Å²) in [5.74, 6) is 1.54. The van der Waals surface area contributed by atoms with Gasteiger partial charge in [-0.15, -0.1) is 5.10 Å². The predicted molar refractivity (Wildman–Crippen MR) is 162 cm³/mol. The number of fused-ring (bicyclic) bond motifs is 1. The van der Waals surface area contributed by atoms with E-state index in [2.05, 4.69) is 40.2 Å². The van der Waals surface area contributed by atoms with Crippen molar-refractivity contribution in [2.24, 2.45) is 7.05 Å². The van der Waals surface area contributed by atoms with Gasteiger partial charge in [-0.25, -0.2) is 24.6 Å². The predicted octanol–water partition coefficient (Wildman–Crippen LogP) is 2.09. The fourth-order valence-corrected chi connectivity index (χ4v) is 5.46. The molecule has 4 aromatic heterocycles. The van der Waals surface area contributed by atoms with Crippen molar-refractivity contribution in [1.29, 1.82) is 0 Å². The fraction of sp³-hybridized carbons (Fsp3) is 0.433. The Kier molecular flexibility index (Phi) is 8.34. The van der Waals surface area contributed by atoms with Crippen LogP contribution in [-0.4, -0.2) is 115 Å². The van der Waals surface area contributed by atoms with Crippen LogP contribution in [0.4, 0.5) is 5.95 Å². The summed E-state index contributed by atoms with van der Waals surface area (Å²) in [6, 6.07) is 8.10. The molecule has 2 saturated heterocycles. The molecule has 14 heteroatoms. The normalized spacial score (nSPS) is 17.8. The van der Waals surface area contributed by atoms with Crippen molar-refractivity contribution in [2.45, 2.75) is 19.1 Å². The van der Waals surface area contributed by atoms with E-state index in [0.29, 0.717) is 50.1 Å². The summed E-state index contributed by atoms with van der Waals surface area (Å²) < 4.78 is 20.9. The van der Waals surface area contributed by atoms with Crippen LogP contribution in [-0.2, 0) is 23.1 Å². The summed E-state index contributed by atoms with van der Waals surface area (Å²) in [5, 5.41) is 12.7. The van der Waals surface area contributed by atoms with E-state index in [1.165, 1.54) is 0 Å². The molecule has 2 fully saturated rings. The second-order valence-corrected chi connectivity index (χ2v) is 11.0. The molecule has 14 nitrogen and oxygen atoms in total. The molecule has 0 radical (unpaired) electrons. The second kappa shape index (κ2) is 13.0. The van der Waals surface area contributed by atoms with Crippen LogP contribution >= 0.6 is 0 Å². The van der Waals surface area contributed by atoms with Gasteiger partial charge >= 0.3 is 0 Å². The first-order chi connectivity index (χ1) is 21.7. The van der Waals surface area contributed by atoms with Crippen LogP contribution < -0.4 is 9.64 Å². The molecule has 228 valence electrons. The van der Waals surface area contributed by atoms with E-state index in [-0.39, 0.29) is 6.10 Å². The monoisotopic (exact) mass is 597 g/mol. The summed E-state index contributed by atoms with van der Waals surface area (Å²) in [7, 11) is 1.87. The SMILES string of the molecule is Cn1cc(-c2cnc3nnn(C[C@@H]4CN(c5ncc(-c6ccc(OCCCN7CCOCC7)cc6)cn5)CCO4)c3n2)cn1. The number of hydrogen-bond acceptors (Lipinski definition) is 12. The molecule has 0 amide bonds. The van der Waals surface area contributed by atoms with Gasteiger partial charge in [0, 0.05) is 69.5 Å². The average Bonchev–Trinajstić information content (AvgIpc) is 3.70. The maximum absolute atomic E-state index is 6.07. The lowest BCUT2D eigenvalue weighted by Crippen LogP contribution is -2.45. The molecular weight excluding hydrogens is 562 g/mol. The minimum absolute atomic E-state index is 0.137. The van der Waals surface area contributed by atoms with Gasteiger partial charge in [-0.05, 0) is 24.1 Å². The second-order valence-electron chi connectivity index (χ2n) is 11.0. The highest BCUT2D eigenvalue weighted by molar-refractivity contribution is 5.69. The molecule has 7 rings (SSSR count). The third-order valence-corrected chi connectivity index (χ3v) is 7.84. The van der Waals surface area contributed by atoms with Gasteiger partial charge in [0.05, 0.1) is 57.2 Å². The van der Waals surface area contributed by atoms with Crippen molar-refractivity contribution in [3.05, 3.63) is 55.2 Å². The Bertz CT molecular complexity index is 1670. The van der Waals surface area contributed by atoms with Crippen LogP contribution in [0.1, 0.15) is 6.42 Å². The highest BCUT2D eigenvalue weighted by Crippen LogP contribution is 2.24. The molecule has 1 aromatic carbocycles. The van der Waals surface area contributed by atoms with Crippen LogP contribution in [0.3, 0.4) is 0 Å². The highest BCUT2D eigenvalue weighted by atomic mass is 16.5. The zero-order chi connectivity index (χ0) is 29.7. The Morgan fingerprint density at radius 2 is 1.75 bits per heavy atom. The smallest absolute Gasteiger partial charge is 0.225 e. The Balaban J connectivity index is 0.942. The number of ether oxygens (including phenoxy) is 3. The van der Waals surface area contributed by atoms with Crippen LogP contribution in [0, 0.1) is 0 Å². The van der Waals surface area contributed by atoms with Crippen molar-refractivity contribution < 1.29 is 14.2 Å². The largest absolute Gasteiger partial charge is 0.494 e. The number of hydrogen-bond donors (Lipinski definition) is 0. The van der Waals surface area contributed by atoms with E-state index in [1.807, 2.05) is 49.9 Å². The van der Waals surface area contributed by atoms with Crippen molar-refractivity contribution in [1.82, 2.24) is 49.6 Å². The molecule has 0 unspecified atom stereocenters. The minimum Gasteiger partial charge on any atom is -0.494 e. The number of benzene rings is 1. The Labute approximate surface area is 254 Å². The number of aromatic nitrogens is 9. The lowest BCUT2D eigenvalue weighted by Gasteiger charge is -2.32. The van der Waals surface area contributed by atoms with Gasteiger partial charge in [-0.2, -0.15) is 5.10 Å². The molecule has 2 aliphatic heterocycles. The molecule has 0 N–H and O–H groups in total. The standard InChI is InChI=1S/C30H35N11O3/c1-38-19-24(17-34-38)27-18-31-28-29(35-27)41(37-36-28)21-26-20-40(10-14-44-26)30-32-15-23(16-33-30)22-3-5-25(6-4-22)43-11-2-7-39-8-12-42-13-9-39/h3-6,15-19,26H,2,7-14,20-21H2,1H3/t26-/m0/s1. The van der Waals surface area contributed by atoms with Crippen LogP contribution in [0.2, 0.25) is 0 Å². The van der Waals surface area contributed by atoms with E-state index in [9.17, 15) is 0 Å². The summed E-state index contributed by atoms with van der Waals surface area (Å²) in [6.45, 7) is 7.76. The van der Waals surface area contributed by atoms with Crippen molar-refractivity contribution >= 4 is 17.2 Å². The molecule has 1 atom stereocenters. The summed E-state index contributed by atoms with van der Waals surface area (Å²) in [4.78, 5) is 23.1. The van der Waals surface area contributed by atoms with E-state index < -0.39 is 0 Å². The van der Waals surface area contributed by atoms with Gasteiger partial charge in [0.25, 0.3) is 0 Å². The van der Waals surface area contributed by atoms with E-state index in [0.717, 1.165) is 67.4 Å². The Morgan fingerprint density at radius 3 is 2.55 bits per heavy atom. The third-order valence-electron chi connectivity index (χ3n) is 7.84. The lowest BCUT2D eigenvalue weighted by molar-refractivity contribution is 0.0273. The molecule has 5 aromatic rings. The molecular formula is C30H35N11O3. The van der Waals surface area contributed by atoms with Gasteiger partial charge in [-0.3, -0.25) is 9.58 Å². The first-order valence-electron chi connectivity index (χ1n) is 15.0. The van der Waals surface area contributed by atoms with Gasteiger partial charge in [-0.1, -0.05) is 17.3 Å². The molecule has 0 saturated carbocycles. The maximum Gasteiger partial charge on any atom is 0.225 e. The third kappa shape index (κ3) is 6.51. The number of rotatable bonds is 10. The van der Waals surface area contributed by atoms with Crippen LogP contribution in [0.15, 0.2) is 55.2 Å². The number of anilines is 1. The fourth-order valence-electron chi connectivity index (χ4n) is 5.46. The number of morpholine rings is 2. The van der Waals surface area contributed by atoms with Crippen molar-refractivity contribution in [3.8, 4) is 28.1 Å². The van der Waals surface area contributed by atoms with Gasteiger partial charge in [0.15, 0.2) is 5.65 Å². The number of nitrogens with zero attached hydrogens (tertiary/aromatic N) is 11. The van der Waals surface area contributed by atoms with Crippen LogP contribution in [0.5, 0.6) is 5.75 Å². The van der Waals surface area contributed by atoms with Gasteiger partial charge < -0.3 is 19.1 Å². The summed E-state index contributed by atoms with van der Waals surface area (Å²) in [6.07, 6.45) is 9.94. The van der Waals surface area contributed by atoms with Gasteiger partial charge in [0.2, 0.25) is 11.6 Å². The molecule has 0 aliphatic carbocycles. The van der Waals surface area contributed by atoms with E-state index >= 15 is 0 Å². The zero-order valence-corrected chi connectivity index (χ0v) is 24.7. The molecule has 0 spiro atoms.